The van der Waals surface area contributed by atoms with Crippen LogP contribution in [0.1, 0.15) is 176 Å². The minimum absolute atomic E-state index is 0.0496. The Bertz CT molecular complexity index is 1280. The SMILES string of the molecule is CCCCC(CCCC)(CCCC)CCCCCCCCCCCCCOC(=O)c1cc(S(=O)(=O)O)c2ccc(C(=O)O)cc2c1. The van der Waals surface area contributed by atoms with E-state index in [0.29, 0.717) is 11.8 Å². The largest absolute Gasteiger partial charge is 0.478 e. The third kappa shape index (κ3) is 14.1. The molecule has 0 heterocycles. The van der Waals surface area contributed by atoms with Crippen molar-refractivity contribution in [1.29, 1.82) is 0 Å². The van der Waals surface area contributed by atoms with Gasteiger partial charge in [-0.25, -0.2) is 9.59 Å². The van der Waals surface area contributed by atoms with Crippen molar-refractivity contribution in [1.82, 2.24) is 0 Å². The fourth-order valence-corrected chi connectivity index (χ4v) is 7.39. The van der Waals surface area contributed by atoms with Crippen molar-refractivity contribution in [3.05, 3.63) is 41.5 Å². The number of hydrogen-bond acceptors (Lipinski definition) is 5. The van der Waals surface area contributed by atoms with Gasteiger partial charge in [-0.05, 0) is 67.2 Å². The van der Waals surface area contributed by atoms with Crippen molar-refractivity contribution in [2.75, 3.05) is 6.61 Å². The van der Waals surface area contributed by atoms with Crippen LogP contribution < -0.4 is 0 Å². The third-order valence-corrected chi connectivity index (χ3v) is 10.3. The maximum Gasteiger partial charge on any atom is 0.338 e. The summed E-state index contributed by atoms with van der Waals surface area (Å²) in [6.45, 7) is 7.19. The minimum Gasteiger partial charge on any atom is -0.478 e. The predicted molar refractivity (Wildman–Crippen MR) is 187 cm³/mol. The van der Waals surface area contributed by atoms with Gasteiger partial charge in [-0.3, -0.25) is 4.55 Å². The smallest absolute Gasteiger partial charge is 0.338 e. The normalized spacial score (nSPS) is 12.1. The van der Waals surface area contributed by atoms with Crippen LogP contribution in [-0.2, 0) is 14.9 Å². The second kappa shape index (κ2) is 21.4. The molecular formula is C38H60O7S. The van der Waals surface area contributed by atoms with Crippen molar-refractivity contribution in [3.8, 4) is 0 Å². The van der Waals surface area contributed by atoms with Crippen LogP contribution in [-0.4, -0.2) is 36.6 Å². The molecule has 0 atom stereocenters. The second-order valence-corrected chi connectivity index (χ2v) is 14.7. The Labute approximate surface area is 278 Å². The molecule has 0 aromatic heterocycles. The van der Waals surface area contributed by atoms with E-state index in [1.165, 1.54) is 133 Å². The maximum atomic E-state index is 12.6. The summed E-state index contributed by atoms with van der Waals surface area (Å²) in [4.78, 5) is 23.5. The molecule has 0 spiro atoms. The number of ether oxygens (including phenoxy) is 1. The fraction of sp³-hybridized carbons (Fsp3) is 0.684. The summed E-state index contributed by atoms with van der Waals surface area (Å²) in [7, 11) is -4.64. The van der Waals surface area contributed by atoms with Crippen molar-refractivity contribution >= 4 is 32.8 Å². The lowest BCUT2D eigenvalue weighted by atomic mass is 9.71. The fourth-order valence-electron chi connectivity index (χ4n) is 6.65. The highest BCUT2D eigenvalue weighted by Gasteiger charge is 2.27. The molecule has 0 aliphatic carbocycles. The summed E-state index contributed by atoms with van der Waals surface area (Å²) in [5.41, 5.74) is 0.488. The first-order chi connectivity index (χ1) is 22.1. The quantitative estimate of drug-likeness (QED) is 0.0585. The Morgan fingerprint density at radius 3 is 1.59 bits per heavy atom. The van der Waals surface area contributed by atoms with Gasteiger partial charge in [0.15, 0.2) is 0 Å². The van der Waals surface area contributed by atoms with E-state index in [2.05, 4.69) is 20.8 Å². The highest BCUT2D eigenvalue weighted by Crippen LogP contribution is 2.41. The Morgan fingerprint density at radius 1 is 0.652 bits per heavy atom. The van der Waals surface area contributed by atoms with Crippen molar-refractivity contribution in [3.63, 3.8) is 0 Å². The van der Waals surface area contributed by atoms with Gasteiger partial charge >= 0.3 is 11.9 Å². The molecule has 2 aromatic carbocycles. The molecule has 0 radical (unpaired) electrons. The first-order valence-electron chi connectivity index (χ1n) is 18.0. The molecule has 0 amide bonds. The van der Waals surface area contributed by atoms with E-state index in [1.54, 1.807) is 0 Å². The average molecular weight is 661 g/mol. The number of aromatic carboxylic acids is 1. The molecule has 0 aliphatic heterocycles. The van der Waals surface area contributed by atoms with Crippen LogP contribution in [0.15, 0.2) is 35.2 Å². The Balaban J connectivity index is 1.63. The predicted octanol–water partition coefficient (Wildman–Crippen LogP) is 11.2. The monoisotopic (exact) mass is 660 g/mol. The first-order valence-corrected chi connectivity index (χ1v) is 19.5. The average Bonchev–Trinajstić information content (AvgIpc) is 3.03. The molecule has 0 aliphatic rings. The molecule has 8 heteroatoms. The van der Waals surface area contributed by atoms with Gasteiger partial charge < -0.3 is 9.84 Å². The lowest BCUT2D eigenvalue weighted by Gasteiger charge is -2.35. The lowest BCUT2D eigenvalue weighted by molar-refractivity contribution is 0.0497. The van der Waals surface area contributed by atoms with Gasteiger partial charge in [0.1, 0.15) is 4.90 Å². The second-order valence-electron chi connectivity index (χ2n) is 13.3. The van der Waals surface area contributed by atoms with E-state index in [9.17, 15) is 27.7 Å². The van der Waals surface area contributed by atoms with Crippen LogP contribution in [0.3, 0.4) is 0 Å². The van der Waals surface area contributed by atoms with Gasteiger partial charge in [0.25, 0.3) is 10.1 Å². The van der Waals surface area contributed by atoms with E-state index < -0.39 is 27.0 Å². The molecule has 260 valence electrons. The molecule has 0 saturated carbocycles. The Hall–Kier alpha value is -2.45. The number of carboxylic acid groups (broad SMARTS) is 1. The summed E-state index contributed by atoms with van der Waals surface area (Å²) in [5.74, 6) is -1.89. The molecule has 0 saturated heterocycles. The summed E-state index contributed by atoms with van der Waals surface area (Å²) < 4.78 is 38.9. The van der Waals surface area contributed by atoms with Crippen LogP contribution in [0.5, 0.6) is 0 Å². The Morgan fingerprint density at radius 2 is 1.11 bits per heavy atom. The van der Waals surface area contributed by atoms with Crippen LogP contribution >= 0.6 is 0 Å². The number of fused-ring (bicyclic) bond motifs is 1. The number of rotatable bonds is 26. The first kappa shape index (κ1) is 39.7. The van der Waals surface area contributed by atoms with Gasteiger partial charge in [-0.15, -0.1) is 0 Å². The molecule has 0 unspecified atom stereocenters. The van der Waals surface area contributed by atoms with Crippen molar-refractivity contribution in [2.24, 2.45) is 5.41 Å². The zero-order valence-electron chi connectivity index (χ0n) is 28.8. The van der Waals surface area contributed by atoms with Crippen LogP contribution in [0.25, 0.3) is 10.8 Å². The van der Waals surface area contributed by atoms with Gasteiger partial charge in [0.05, 0.1) is 17.7 Å². The standard InChI is InChI=1S/C38H60O7S/c1-4-7-23-38(24-8-5-2,25-9-6-3)26-19-17-15-13-11-10-12-14-16-18-20-27-45-37(41)33-29-32-28-31(36(39)40)21-22-34(32)35(30-33)46(42,43)44/h21-22,28-30H,4-20,23-27H2,1-3H3,(H,39,40)(H,42,43,44). The van der Waals surface area contributed by atoms with E-state index >= 15 is 0 Å². The Kier molecular flexibility index (Phi) is 18.5. The summed E-state index contributed by atoms with van der Waals surface area (Å²) in [5, 5.41) is 9.61. The molecule has 0 fully saturated rings. The zero-order chi connectivity index (χ0) is 33.8. The van der Waals surface area contributed by atoms with Crippen LogP contribution in [0, 0.1) is 5.41 Å². The number of unbranched alkanes of at least 4 members (excludes halogenated alkanes) is 13. The zero-order valence-corrected chi connectivity index (χ0v) is 29.6. The van der Waals surface area contributed by atoms with Gasteiger partial charge in [-0.2, -0.15) is 8.42 Å². The van der Waals surface area contributed by atoms with Crippen molar-refractivity contribution < 1.29 is 32.4 Å². The van der Waals surface area contributed by atoms with E-state index in [0.717, 1.165) is 25.3 Å². The van der Waals surface area contributed by atoms with E-state index in [-0.39, 0.29) is 28.5 Å². The summed E-state index contributed by atoms with van der Waals surface area (Å²) in [6, 6.07) is 6.29. The van der Waals surface area contributed by atoms with Crippen LogP contribution in [0.4, 0.5) is 0 Å². The molecule has 46 heavy (non-hydrogen) atoms. The highest BCUT2D eigenvalue weighted by molar-refractivity contribution is 7.86. The van der Waals surface area contributed by atoms with Gasteiger partial charge in [0.2, 0.25) is 0 Å². The number of benzene rings is 2. The number of esters is 1. The lowest BCUT2D eigenvalue weighted by Crippen LogP contribution is -2.21. The summed E-state index contributed by atoms with van der Waals surface area (Å²) >= 11 is 0. The van der Waals surface area contributed by atoms with Gasteiger partial charge in [0, 0.05) is 5.39 Å². The number of carbonyl (C=O) groups excluding carboxylic acids is 1. The van der Waals surface area contributed by atoms with Crippen molar-refractivity contribution in [2.45, 2.75) is 161 Å². The summed E-state index contributed by atoms with van der Waals surface area (Å²) in [6.07, 6.45) is 26.9. The maximum absolute atomic E-state index is 12.6. The van der Waals surface area contributed by atoms with E-state index in [1.807, 2.05) is 0 Å². The third-order valence-electron chi connectivity index (χ3n) is 9.44. The highest BCUT2D eigenvalue weighted by atomic mass is 32.2. The molecule has 2 aromatic rings. The molecule has 0 bridgehead atoms. The minimum atomic E-state index is -4.64. The number of carboxylic acids is 1. The number of hydrogen-bond donors (Lipinski definition) is 2. The molecule has 2 N–H and O–H groups in total. The van der Waals surface area contributed by atoms with E-state index in [4.69, 9.17) is 4.74 Å². The van der Waals surface area contributed by atoms with Gasteiger partial charge in [-0.1, -0.05) is 130 Å². The van der Waals surface area contributed by atoms with Crippen LogP contribution in [0.2, 0.25) is 0 Å². The molecular weight excluding hydrogens is 600 g/mol. The molecule has 2 rings (SSSR count). The number of carbonyl (C=O) groups is 2. The topological polar surface area (TPSA) is 118 Å². The molecule has 7 nitrogen and oxygen atoms in total.